The Morgan fingerprint density at radius 2 is 1.53 bits per heavy atom. The second kappa shape index (κ2) is 6.26. The van der Waals surface area contributed by atoms with Crippen LogP contribution >= 0.6 is 0 Å². The average molecular weight is 272 g/mol. The van der Waals surface area contributed by atoms with Gasteiger partial charge in [0.15, 0.2) is 6.10 Å². The van der Waals surface area contributed by atoms with E-state index in [-0.39, 0.29) is 17.1 Å². The van der Waals surface area contributed by atoms with Gasteiger partial charge in [-0.15, -0.1) is 0 Å². The topological polar surface area (TPSA) is 105 Å². The van der Waals surface area contributed by atoms with Crippen molar-refractivity contribution in [2.75, 3.05) is 21.3 Å². The van der Waals surface area contributed by atoms with E-state index >= 15 is 0 Å². The largest absolute Gasteiger partial charge is 0.496 e. The molecule has 1 aromatic rings. The third kappa shape index (κ3) is 3.07. The molecule has 2 atom stereocenters. The summed E-state index contributed by atoms with van der Waals surface area (Å²) in [4.78, 5) is 10.7. The molecular weight excluding hydrogens is 256 g/mol. The molecule has 0 amide bonds. The smallest absolute Gasteiger partial charge is 0.335 e. The Kier molecular flexibility index (Phi) is 4.96. The van der Waals surface area contributed by atoms with Gasteiger partial charge >= 0.3 is 5.97 Å². The van der Waals surface area contributed by atoms with Gasteiger partial charge in [0.2, 0.25) is 0 Å². The van der Waals surface area contributed by atoms with Crippen molar-refractivity contribution in [1.29, 1.82) is 0 Å². The summed E-state index contributed by atoms with van der Waals surface area (Å²) in [6.07, 6.45) is -3.68. The summed E-state index contributed by atoms with van der Waals surface area (Å²) in [7, 11) is 4.13. The highest BCUT2D eigenvalue weighted by Crippen LogP contribution is 2.39. The molecule has 0 aliphatic carbocycles. The van der Waals surface area contributed by atoms with Crippen LogP contribution in [0, 0.1) is 0 Å². The molecule has 0 saturated carbocycles. The Balaban J connectivity index is 3.35. The van der Waals surface area contributed by atoms with Crippen LogP contribution in [-0.4, -0.2) is 48.7 Å². The Hall–Kier alpha value is -1.99. The number of hydrogen-bond donors (Lipinski definition) is 3. The lowest BCUT2D eigenvalue weighted by atomic mass is 10.0. The Labute approximate surface area is 110 Å². The van der Waals surface area contributed by atoms with Gasteiger partial charge in [0.25, 0.3) is 0 Å². The van der Waals surface area contributed by atoms with Gasteiger partial charge in [0.05, 0.1) is 26.9 Å². The second-order valence-corrected chi connectivity index (χ2v) is 3.67. The van der Waals surface area contributed by atoms with Gasteiger partial charge in [-0.25, -0.2) is 4.79 Å². The third-order valence-corrected chi connectivity index (χ3v) is 2.60. The lowest BCUT2D eigenvalue weighted by molar-refractivity contribution is -0.153. The molecule has 0 aliphatic rings. The number of rotatable bonds is 6. The number of methoxy groups -OCH3 is 3. The molecule has 0 aromatic heterocycles. The first-order valence-corrected chi connectivity index (χ1v) is 5.35. The molecule has 0 saturated heterocycles. The summed E-state index contributed by atoms with van der Waals surface area (Å²) in [5.41, 5.74) is 0.0423. The second-order valence-electron chi connectivity index (χ2n) is 3.67. The first kappa shape index (κ1) is 15.1. The molecule has 19 heavy (non-hydrogen) atoms. The Morgan fingerprint density at radius 3 is 1.84 bits per heavy atom. The van der Waals surface area contributed by atoms with Crippen LogP contribution in [0.4, 0.5) is 0 Å². The number of carboxylic acids is 1. The molecule has 0 bridgehead atoms. The molecule has 0 radical (unpaired) electrons. The minimum absolute atomic E-state index is 0.0423. The molecule has 0 spiro atoms. The lowest BCUT2D eigenvalue weighted by Gasteiger charge is -2.20. The number of ether oxygens (including phenoxy) is 3. The molecule has 1 rings (SSSR count). The number of aliphatic carboxylic acids is 1. The van der Waals surface area contributed by atoms with Crippen molar-refractivity contribution >= 4 is 5.97 Å². The average Bonchev–Trinajstić information content (AvgIpc) is 2.43. The number of benzene rings is 1. The molecule has 0 heterocycles. The van der Waals surface area contributed by atoms with Crippen molar-refractivity contribution in [3.05, 3.63) is 17.7 Å². The van der Waals surface area contributed by atoms with Crippen molar-refractivity contribution < 1.29 is 34.3 Å². The van der Waals surface area contributed by atoms with E-state index in [0.717, 1.165) is 0 Å². The van der Waals surface area contributed by atoms with Crippen LogP contribution in [0.3, 0.4) is 0 Å². The van der Waals surface area contributed by atoms with E-state index in [0.29, 0.717) is 5.75 Å². The number of carboxylic acid groups (broad SMARTS) is 1. The Bertz CT molecular complexity index is 432. The molecule has 106 valence electrons. The van der Waals surface area contributed by atoms with Crippen molar-refractivity contribution in [1.82, 2.24) is 0 Å². The molecule has 3 N–H and O–H groups in total. The standard InChI is InChI=1S/C12H16O7/c1-17-6-4-7(18-2)9(8(5-6)19-3)10(13)11(14)12(15)16/h4-5,10-11,13-14H,1-3H3,(H,15,16). The van der Waals surface area contributed by atoms with Crippen LogP contribution in [0.25, 0.3) is 0 Å². The predicted molar refractivity (Wildman–Crippen MR) is 64.7 cm³/mol. The number of aliphatic hydroxyl groups excluding tert-OH is 2. The van der Waals surface area contributed by atoms with E-state index < -0.39 is 18.2 Å². The maximum absolute atomic E-state index is 10.7. The zero-order valence-electron chi connectivity index (χ0n) is 10.8. The molecule has 2 unspecified atom stereocenters. The molecule has 0 aliphatic heterocycles. The van der Waals surface area contributed by atoms with E-state index in [1.54, 1.807) is 0 Å². The predicted octanol–water partition coefficient (Wildman–Crippen LogP) is 0.191. The molecule has 7 nitrogen and oxygen atoms in total. The van der Waals surface area contributed by atoms with E-state index in [4.69, 9.17) is 19.3 Å². The highest BCUT2D eigenvalue weighted by molar-refractivity contribution is 5.73. The van der Waals surface area contributed by atoms with Gasteiger partial charge in [-0.1, -0.05) is 0 Å². The minimum atomic E-state index is -1.99. The molecule has 1 aromatic carbocycles. The van der Waals surface area contributed by atoms with Gasteiger partial charge in [-0.2, -0.15) is 0 Å². The van der Waals surface area contributed by atoms with Gasteiger partial charge in [-0.05, 0) is 0 Å². The number of carbonyl (C=O) groups is 1. The summed E-state index contributed by atoms with van der Waals surface area (Å²) in [5.74, 6) is -0.824. The normalized spacial score (nSPS) is 13.5. The summed E-state index contributed by atoms with van der Waals surface area (Å²) >= 11 is 0. The van der Waals surface area contributed by atoms with Crippen molar-refractivity contribution in [2.45, 2.75) is 12.2 Å². The van der Waals surface area contributed by atoms with Gasteiger partial charge in [0.1, 0.15) is 23.4 Å². The van der Waals surface area contributed by atoms with E-state index in [9.17, 15) is 15.0 Å². The zero-order chi connectivity index (χ0) is 14.6. The van der Waals surface area contributed by atoms with Crippen LogP contribution in [0.5, 0.6) is 17.2 Å². The fraction of sp³-hybridized carbons (Fsp3) is 0.417. The fourth-order valence-corrected chi connectivity index (χ4v) is 1.62. The first-order chi connectivity index (χ1) is 8.96. The maximum atomic E-state index is 10.7. The van der Waals surface area contributed by atoms with Crippen molar-refractivity contribution in [2.24, 2.45) is 0 Å². The van der Waals surface area contributed by atoms with Crippen LogP contribution in [0.15, 0.2) is 12.1 Å². The van der Waals surface area contributed by atoms with E-state index in [2.05, 4.69) is 0 Å². The van der Waals surface area contributed by atoms with Gasteiger partial charge < -0.3 is 29.5 Å². The minimum Gasteiger partial charge on any atom is -0.496 e. The molecule has 0 fully saturated rings. The Morgan fingerprint density at radius 1 is 1.05 bits per heavy atom. The highest BCUT2D eigenvalue weighted by atomic mass is 16.5. The van der Waals surface area contributed by atoms with E-state index in [1.165, 1.54) is 33.5 Å². The summed E-state index contributed by atoms with van der Waals surface area (Å²) in [6.45, 7) is 0. The van der Waals surface area contributed by atoms with E-state index in [1.807, 2.05) is 0 Å². The van der Waals surface area contributed by atoms with Gasteiger partial charge in [0, 0.05) is 12.1 Å². The molecular formula is C12H16O7. The third-order valence-electron chi connectivity index (χ3n) is 2.60. The molecule has 7 heteroatoms. The SMILES string of the molecule is COc1cc(OC)c(C(O)C(O)C(=O)O)c(OC)c1. The van der Waals surface area contributed by atoms with Crippen molar-refractivity contribution in [3.8, 4) is 17.2 Å². The highest BCUT2D eigenvalue weighted by Gasteiger charge is 2.31. The van der Waals surface area contributed by atoms with Crippen LogP contribution in [0.2, 0.25) is 0 Å². The van der Waals surface area contributed by atoms with Crippen LogP contribution in [-0.2, 0) is 4.79 Å². The maximum Gasteiger partial charge on any atom is 0.335 e. The van der Waals surface area contributed by atoms with Crippen LogP contribution < -0.4 is 14.2 Å². The number of aliphatic hydroxyl groups is 2. The summed E-state index contributed by atoms with van der Waals surface area (Å²) < 4.78 is 15.1. The van der Waals surface area contributed by atoms with Gasteiger partial charge in [-0.3, -0.25) is 0 Å². The van der Waals surface area contributed by atoms with Crippen LogP contribution in [0.1, 0.15) is 11.7 Å². The number of hydrogen-bond acceptors (Lipinski definition) is 6. The quantitative estimate of drug-likeness (QED) is 0.678. The fourth-order valence-electron chi connectivity index (χ4n) is 1.62. The monoisotopic (exact) mass is 272 g/mol. The summed E-state index contributed by atoms with van der Waals surface area (Å²) in [5, 5.41) is 28.1. The van der Waals surface area contributed by atoms with Crippen molar-refractivity contribution in [3.63, 3.8) is 0 Å². The lowest BCUT2D eigenvalue weighted by Crippen LogP contribution is -2.28. The first-order valence-electron chi connectivity index (χ1n) is 5.35. The zero-order valence-corrected chi connectivity index (χ0v) is 10.8. The summed E-state index contributed by atoms with van der Waals surface area (Å²) in [6, 6.07) is 2.91.